The van der Waals surface area contributed by atoms with Gasteiger partial charge in [-0.15, -0.1) is 0 Å². The predicted molar refractivity (Wildman–Crippen MR) is 76.0 cm³/mol. The van der Waals surface area contributed by atoms with Crippen LogP contribution >= 0.6 is 0 Å². The number of hydrogen-bond acceptors (Lipinski definition) is 4. The van der Waals surface area contributed by atoms with E-state index in [4.69, 9.17) is 4.74 Å². The molecule has 2 saturated heterocycles. The van der Waals surface area contributed by atoms with Gasteiger partial charge >= 0.3 is 0 Å². The van der Waals surface area contributed by atoms with Crippen LogP contribution in [0.4, 0.5) is 0 Å². The highest BCUT2D eigenvalue weighted by atomic mass is 32.2. The number of fused-ring (bicyclic) bond motifs is 2. The molecule has 2 aliphatic heterocycles. The minimum Gasteiger partial charge on any atom is -0.474 e. The maximum absolute atomic E-state index is 12.2. The third-order valence-corrected chi connectivity index (χ3v) is 6.20. The molecule has 20 heavy (non-hydrogen) atoms. The van der Waals surface area contributed by atoms with Crippen LogP contribution in [-0.2, 0) is 10.0 Å². The maximum atomic E-state index is 12.2. The highest BCUT2D eigenvalue weighted by Gasteiger charge is 2.46. The lowest BCUT2D eigenvalue weighted by atomic mass is 10.0. The number of sulfonamides is 1. The molecule has 3 heterocycles. The molecule has 1 aromatic heterocycles. The standard InChI is InChI=1S/C14H20N2O3S/c1-2-20(17,18)16-11-6-7-12(16)10-13(9-11)19-14-5-3-4-8-15-14/h3-5,8,11-13H,2,6-7,9-10H2,1H3. The van der Waals surface area contributed by atoms with Gasteiger partial charge < -0.3 is 4.74 Å². The lowest BCUT2D eigenvalue weighted by molar-refractivity contribution is 0.0919. The van der Waals surface area contributed by atoms with Crippen molar-refractivity contribution in [3.63, 3.8) is 0 Å². The van der Waals surface area contributed by atoms with Crippen LogP contribution in [0.15, 0.2) is 24.4 Å². The number of ether oxygens (including phenoxy) is 1. The zero-order valence-corrected chi connectivity index (χ0v) is 12.4. The van der Waals surface area contributed by atoms with Crippen molar-refractivity contribution in [1.29, 1.82) is 0 Å². The van der Waals surface area contributed by atoms with Gasteiger partial charge in [-0.1, -0.05) is 6.07 Å². The predicted octanol–water partition coefficient (Wildman–Crippen LogP) is 1.81. The van der Waals surface area contributed by atoms with E-state index in [1.54, 1.807) is 17.4 Å². The Bertz CT molecular complexity index is 547. The molecule has 0 aromatic carbocycles. The summed E-state index contributed by atoms with van der Waals surface area (Å²) >= 11 is 0. The molecule has 0 aliphatic carbocycles. The first kappa shape index (κ1) is 13.8. The molecule has 0 N–H and O–H groups in total. The van der Waals surface area contributed by atoms with Crippen molar-refractivity contribution in [2.45, 2.75) is 50.8 Å². The summed E-state index contributed by atoms with van der Waals surface area (Å²) in [5.41, 5.74) is 0. The largest absolute Gasteiger partial charge is 0.474 e. The Labute approximate surface area is 120 Å². The highest BCUT2D eigenvalue weighted by molar-refractivity contribution is 7.89. The fourth-order valence-corrected chi connectivity index (χ4v) is 4.96. The molecule has 3 rings (SSSR count). The molecule has 2 bridgehead atoms. The van der Waals surface area contributed by atoms with Gasteiger partial charge in [0.1, 0.15) is 6.10 Å². The molecule has 0 saturated carbocycles. The zero-order chi connectivity index (χ0) is 14.2. The van der Waals surface area contributed by atoms with Crippen LogP contribution in [0.2, 0.25) is 0 Å². The summed E-state index contributed by atoms with van der Waals surface area (Å²) in [4.78, 5) is 4.17. The minimum absolute atomic E-state index is 0.0747. The second kappa shape index (κ2) is 5.33. The van der Waals surface area contributed by atoms with Crippen molar-refractivity contribution in [3.8, 4) is 5.88 Å². The van der Waals surface area contributed by atoms with Crippen LogP contribution in [-0.4, -0.2) is 41.6 Å². The summed E-state index contributed by atoms with van der Waals surface area (Å²) < 4.78 is 31.9. The van der Waals surface area contributed by atoms with Gasteiger partial charge in [0.25, 0.3) is 0 Å². The van der Waals surface area contributed by atoms with Crippen molar-refractivity contribution in [1.82, 2.24) is 9.29 Å². The van der Waals surface area contributed by atoms with Gasteiger partial charge in [0.05, 0.1) is 5.75 Å². The smallest absolute Gasteiger partial charge is 0.214 e. The second-order valence-electron chi connectivity index (χ2n) is 5.49. The molecular weight excluding hydrogens is 276 g/mol. The van der Waals surface area contributed by atoms with E-state index < -0.39 is 10.0 Å². The van der Waals surface area contributed by atoms with Gasteiger partial charge in [-0.05, 0) is 25.8 Å². The lowest BCUT2D eigenvalue weighted by Gasteiger charge is -2.37. The SMILES string of the molecule is CCS(=O)(=O)N1C2CCC1CC(Oc1ccccn1)C2. The summed E-state index contributed by atoms with van der Waals surface area (Å²) in [5, 5.41) is 0. The first-order valence-electron chi connectivity index (χ1n) is 7.19. The molecule has 0 radical (unpaired) electrons. The van der Waals surface area contributed by atoms with Crippen LogP contribution in [0.5, 0.6) is 5.88 Å². The Balaban J connectivity index is 1.71. The Hall–Kier alpha value is -1.14. The van der Waals surface area contributed by atoms with E-state index in [1.807, 2.05) is 18.2 Å². The molecule has 5 nitrogen and oxygen atoms in total. The third-order valence-electron chi connectivity index (χ3n) is 4.23. The van der Waals surface area contributed by atoms with Gasteiger partial charge in [-0.3, -0.25) is 0 Å². The van der Waals surface area contributed by atoms with Crippen LogP contribution in [0.1, 0.15) is 32.6 Å². The molecule has 1 aromatic rings. The van der Waals surface area contributed by atoms with E-state index in [0.29, 0.717) is 5.88 Å². The summed E-state index contributed by atoms with van der Waals surface area (Å²) in [5.74, 6) is 0.815. The number of nitrogens with zero attached hydrogens (tertiary/aromatic N) is 2. The summed E-state index contributed by atoms with van der Waals surface area (Å²) in [6, 6.07) is 5.80. The van der Waals surface area contributed by atoms with Gasteiger partial charge in [-0.25, -0.2) is 13.4 Å². The average molecular weight is 296 g/mol. The van der Waals surface area contributed by atoms with E-state index >= 15 is 0 Å². The molecule has 0 spiro atoms. The van der Waals surface area contributed by atoms with E-state index in [9.17, 15) is 8.42 Å². The van der Waals surface area contributed by atoms with E-state index in [-0.39, 0.29) is 23.9 Å². The topological polar surface area (TPSA) is 59.5 Å². The Morgan fingerprint density at radius 1 is 1.30 bits per heavy atom. The average Bonchev–Trinajstić information content (AvgIpc) is 2.73. The molecule has 6 heteroatoms. The van der Waals surface area contributed by atoms with Gasteiger partial charge in [-0.2, -0.15) is 4.31 Å². The number of pyridine rings is 1. The van der Waals surface area contributed by atoms with Gasteiger partial charge in [0.2, 0.25) is 15.9 Å². The van der Waals surface area contributed by atoms with Crippen LogP contribution in [0, 0.1) is 0 Å². The van der Waals surface area contributed by atoms with Crippen molar-refractivity contribution < 1.29 is 13.2 Å². The molecule has 2 aliphatic rings. The maximum Gasteiger partial charge on any atom is 0.214 e. The zero-order valence-electron chi connectivity index (χ0n) is 11.6. The molecule has 110 valence electrons. The molecule has 0 amide bonds. The summed E-state index contributed by atoms with van der Waals surface area (Å²) in [7, 11) is -3.09. The van der Waals surface area contributed by atoms with Crippen molar-refractivity contribution in [3.05, 3.63) is 24.4 Å². The number of hydrogen-bond donors (Lipinski definition) is 0. The van der Waals surface area contributed by atoms with Crippen LogP contribution in [0.3, 0.4) is 0 Å². The Morgan fingerprint density at radius 2 is 2.00 bits per heavy atom. The van der Waals surface area contributed by atoms with Crippen molar-refractivity contribution in [2.75, 3.05) is 5.75 Å². The van der Waals surface area contributed by atoms with Crippen molar-refractivity contribution >= 4 is 10.0 Å². The molecular formula is C14H20N2O3S. The Kier molecular flexibility index (Phi) is 3.69. The summed E-state index contributed by atoms with van der Waals surface area (Å²) in [6.45, 7) is 1.71. The van der Waals surface area contributed by atoms with E-state index in [0.717, 1.165) is 25.7 Å². The number of rotatable bonds is 4. The van der Waals surface area contributed by atoms with E-state index in [2.05, 4.69) is 4.98 Å². The van der Waals surface area contributed by atoms with Crippen LogP contribution < -0.4 is 4.74 Å². The monoisotopic (exact) mass is 296 g/mol. The quantitative estimate of drug-likeness (QED) is 0.850. The van der Waals surface area contributed by atoms with Gasteiger partial charge in [0, 0.05) is 37.2 Å². The molecule has 2 fully saturated rings. The highest BCUT2D eigenvalue weighted by Crippen LogP contribution is 2.39. The third kappa shape index (κ3) is 2.54. The number of aromatic nitrogens is 1. The fourth-order valence-electron chi connectivity index (χ4n) is 3.37. The van der Waals surface area contributed by atoms with Crippen LogP contribution in [0.25, 0.3) is 0 Å². The fraction of sp³-hybridized carbons (Fsp3) is 0.643. The normalized spacial score (nSPS) is 30.4. The minimum atomic E-state index is -3.09. The Morgan fingerprint density at radius 3 is 2.55 bits per heavy atom. The summed E-state index contributed by atoms with van der Waals surface area (Å²) in [6.07, 6.45) is 5.22. The molecule has 2 atom stereocenters. The molecule has 2 unspecified atom stereocenters. The van der Waals surface area contributed by atoms with Gasteiger partial charge in [0.15, 0.2) is 0 Å². The first-order valence-corrected chi connectivity index (χ1v) is 8.80. The lowest BCUT2D eigenvalue weighted by Crippen LogP contribution is -2.49. The van der Waals surface area contributed by atoms with E-state index in [1.165, 1.54) is 0 Å². The number of piperidine rings is 1. The second-order valence-corrected chi connectivity index (χ2v) is 7.66. The van der Waals surface area contributed by atoms with Crippen molar-refractivity contribution in [2.24, 2.45) is 0 Å². The first-order chi connectivity index (χ1) is 9.60.